The Kier molecular flexibility index (Phi) is 7.28. The van der Waals surface area contributed by atoms with E-state index in [1.807, 2.05) is 16.8 Å². The van der Waals surface area contributed by atoms with Crippen LogP contribution in [0.4, 0.5) is 5.82 Å². The van der Waals surface area contributed by atoms with Crippen LogP contribution in [0.3, 0.4) is 0 Å². The van der Waals surface area contributed by atoms with Gasteiger partial charge in [-0.15, -0.1) is 0 Å². The van der Waals surface area contributed by atoms with Crippen molar-refractivity contribution in [3.8, 4) is 0 Å². The number of aromatic nitrogens is 2. The van der Waals surface area contributed by atoms with Gasteiger partial charge in [-0.2, -0.15) is 0 Å². The average molecular weight is 443 g/mol. The number of piperidine rings is 2. The maximum Gasteiger partial charge on any atom is 0.224 e. The highest BCUT2D eigenvalue weighted by Gasteiger charge is 2.29. The number of amides is 2. The molecule has 0 aliphatic carbocycles. The van der Waals surface area contributed by atoms with Crippen molar-refractivity contribution < 1.29 is 9.59 Å². The minimum absolute atomic E-state index is 0.144. The van der Waals surface area contributed by atoms with E-state index in [9.17, 15) is 9.59 Å². The molecule has 1 atom stereocenters. The van der Waals surface area contributed by atoms with E-state index < -0.39 is 0 Å². The summed E-state index contributed by atoms with van der Waals surface area (Å²) in [5.41, 5.74) is 2.13. The molecule has 3 aliphatic heterocycles. The molecule has 4 rings (SSSR count). The SMILES string of the molecule is CNc1nc(C2CCN(C(C)=O)CC2)nc2c1CN(C(=O)CCN1CCC[C@@H](C)C1)CC2. The molecule has 3 aliphatic rings. The second-order valence-corrected chi connectivity index (χ2v) is 9.75. The summed E-state index contributed by atoms with van der Waals surface area (Å²) < 4.78 is 0. The van der Waals surface area contributed by atoms with Gasteiger partial charge >= 0.3 is 0 Å². The lowest BCUT2D eigenvalue weighted by atomic mass is 9.95. The molecule has 0 spiro atoms. The van der Waals surface area contributed by atoms with Crippen molar-refractivity contribution in [1.29, 1.82) is 0 Å². The van der Waals surface area contributed by atoms with Gasteiger partial charge in [0.05, 0.1) is 12.2 Å². The van der Waals surface area contributed by atoms with Crippen LogP contribution in [0.25, 0.3) is 0 Å². The van der Waals surface area contributed by atoms with E-state index in [1.54, 1.807) is 6.92 Å². The van der Waals surface area contributed by atoms with Crippen molar-refractivity contribution in [3.05, 3.63) is 17.1 Å². The second kappa shape index (κ2) is 10.1. The minimum atomic E-state index is 0.144. The number of carbonyl (C=O) groups is 2. The van der Waals surface area contributed by atoms with Crippen molar-refractivity contribution in [2.45, 2.75) is 64.8 Å². The Labute approximate surface area is 191 Å². The number of anilines is 1. The predicted molar refractivity (Wildman–Crippen MR) is 124 cm³/mol. The summed E-state index contributed by atoms with van der Waals surface area (Å²) >= 11 is 0. The maximum absolute atomic E-state index is 12.9. The Morgan fingerprint density at radius 1 is 1.06 bits per heavy atom. The number of nitrogens with zero attached hydrogens (tertiary/aromatic N) is 5. The first-order chi connectivity index (χ1) is 15.4. The first-order valence-electron chi connectivity index (χ1n) is 12.3. The van der Waals surface area contributed by atoms with Gasteiger partial charge in [0.15, 0.2) is 0 Å². The highest BCUT2D eigenvalue weighted by Crippen LogP contribution is 2.30. The van der Waals surface area contributed by atoms with Crippen LogP contribution in [-0.4, -0.2) is 82.8 Å². The smallest absolute Gasteiger partial charge is 0.224 e. The highest BCUT2D eigenvalue weighted by atomic mass is 16.2. The van der Waals surface area contributed by atoms with Gasteiger partial charge in [-0.25, -0.2) is 9.97 Å². The van der Waals surface area contributed by atoms with Gasteiger partial charge in [-0.05, 0) is 38.1 Å². The molecular formula is C24H38N6O2. The van der Waals surface area contributed by atoms with Crippen LogP contribution >= 0.6 is 0 Å². The Balaban J connectivity index is 1.38. The minimum Gasteiger partial charge on any atom is -0.373 e. The molecule has 0 radical (unpaired) electrons. The van der Waals surface area contributed by atoms with Crippen LogP contribution in [-0.2, 0) is 22.6 Å². The number of likely N-dealkylation sites (tertiary alicyclic amines) is 2. The molecule has 2 fully saturated rings. The Hall–Kier alpha value is -2.22. The lowest BCUT2D eigenvalue weighted by Gasteiger charge is -2.34. The molecule has 2 saturated heterocycles. The quantitative estimate of drug-likeness (QED) is 0.753. The fourth-order valence-corrected chi connectivity index (χ4v) is 5.39. The Morgan fingerprint density at radius 2 is 1.84 bits per heavy atom. The molecule has 0 unspecified atom stereocenters. The Bertz CT molecular complexity index is 819. The van der Waals surface area contributed by atoms with Crippen LogP contribution in [0.5, 0.6) is 0 Å². The van der Waals surface area contributed by atoms with Gasteiger partial charge in [0, 0.05) is 71.0 Å². The van der Waals surface area contributed by atoms with Crippen molar-refractivity contribution in [2.24, 2.45) is 5.92 Å². The largest absolute Gasteiger partial charge is 0.373 e. The summed E-state index contributed by atoms with van der Waals surface area (Å²) in [5, 5.41) is 3.25. The molecular weight excluding hydrogens is 404 g/mol. The molecule has 176 valence electrons. The van der Waals surface area contributed by atoms with Gasteiger partial charge in [0.1, 0.15) is 11.6 Å². The topological polar surface area (TPSA) is 81.7 Å². The molecule has 32 heavy (non-hydrogen) atoms. The molecule has 0 bridgehead atoms. The molecule has 4 heterocycles. The molecule has 0 saturated carbocycles. The third-order valence-electron chi connectivity index (χ3n) is 7.36. The summed E-state index contributed by atoms with van der Waals surface area (Å²) in [4.78, 5) is 40.7. The summed E-state index contributed by atoms with van der Waals surface area (Å²) in [6.45, 7) is 9.88. The van der Waals surface area contributed by atoms with Gasteiger partial charge in [0.25, 0.3) is 0 Å². The number of carbonyl (C=O) groups excluding carboxylic acids is 2. The van der Waals surface area contributed by atoms with Crippen molar-refractivity contribution in [1.82, 2.24) is 24.7 Å². The second-order valence-electron chi connectivity index (χ2n) is 9.75. The molecule has 8 heteroatoms. The fourth-order valence-electron chi connectivity index (χ4n) is 5.39. The highest BCUT2D eigenvalue weighted by molar-refractivity contribution is 5.77. The van der Waals surface area contributed by atoms with Crippen LogP contribution in [0.2, 0.25) is 0 Å². The van der Waals surface area contributed by atoms with E-state index in [-0.39, 0.29) is 17.7 Å². The van der Waals surface area contributed by atoms with E-state index >= 15 is 0 Å². The van der Waals surface area contributed by atoms with Crippen molar-refractivity contribution in [3.63, 3.8) is 0 Å². The molecule has 1 aromatic rings. The van der Waals surface area contributed by atoms with Gasteiger partial charge in [0.2, 0.25) is 11.8 Å². The first-order valence-corrected chi connectivity index (χ1v) is 12.3. The zero-order valence-corrected chi connectivity index (χ0v) is 19.9. The standard InChI is InChI=1S/C24H38N6O2/c1-17-5-4-10-28(15-17)11-9-22(32)30-14-8-21-20(16-30)24(25-3)27-23(26-21)19-6-12-29(13-7-19)18(2)31/h17,19H,4-16H2,1-3H3,(H,25,26,27)/t17-/m1/s1. The first kappa shape index (κ1) is 23.0. The summed E-state index contributed by atoms with van der Waals surface area (Å²) in [5.74, 6) is 3.13. The summed E-state index contributed by atoms with van der Waals surface area (Å²) in [6.07, 6.45) is 5.72. The van der Waals surface area contributed by atoms with Crippen LogP contribution in [0, 0.1) is 5.92 Å². The fraction of sp³-hybridized carbons (Fsp3) is 0.750. The molecule has 8 nitrogen and oxygen atoms in total. The van der Waals surface area contributed by atoms with Crippen LogP contribution in [0.1, 0.15) is 69.0 Å². The van der Waals surface area contributed by atoms with E-state index in [2.05, 4.69) is 17.1 Å². The molecule has 0 aromatic carbocycles. The summed E-state index contributed by atoms with van der Waals surface area (Å²) in [6, 6.07) is 0. The zero-order valence-electron chi connectivity index (χ0n) is 19.9. The third-order valence-corrected chi connectivity index (χ3v) is 7.36. The van der Waals surface area contributed by atoms with Gasteiger partial charge < -0.3 is 20.0 Å². The lowest BCUT2D eigenvalue weighted by molar-refractivity contribution is -0.132. The zero-order chi connectivity index (χ0) is 22.7. The van der Waals surface area contributed by atoms with Crippen molar-refractivity contribution in [2.75, 3.05) is 51.6 Å². The number of hydrogen-bond donors (Lipinski definition) is 1. The molecule has 1 N–H and O–H groups in total. The number of hydrogen-bond acceptors (Lipinski definition) is 6. The lowest BCUT2D eigenvalue weighted by Crippen LogP contribution is -2.41. The monoisotopic (exact) mass is 442 g/mol. The molecule has 2 amide bonds. The normalized spacial score (nSPS) is 22.5. The number of rotatable bonds is 5. The van der Waals surface area contributed by atoms with Crippen LogP contribution < -0.4 is 5.32 Å². The molecule has 1 aromatic heterocycles. The van der Waals surface area contributed by atoms with E-state index in [1.165, 1.54) is 12.8 Å². The van der Waals surface area contributed by atoms with E-state index in [4.69, 9.17) is 9.97 Å². The predicted octanol–water partition coefficient (Wildman–Crippen LogP) is 2.25. The average Bonchev–Trinajstić information content (AvgIpc) is 2.81. The Morgan fingerprint density at radius 3 is 2.53 bits per heavy atom. The van der Waals surface area contributed by atoms with E-state index in [0.717, 1.165) is 87.3 Å². The van der Waals surface area contributed by atoms with Crippen molar-refractivity contribution >= 4 is 17.6 Å². The third kappa shape index (κ3) is 5.22. The van der Waals surface area contributed by atoms with Gasteiger partial charge in [-0.3, -0.25) is 9.59 Å². The van der Waals surface area contributed by atoms with Crippen LogP contribution in [0.15, 0.2) is 0 Å². The van der Waals surface area contributed by atoms with E-state index in [0.29, 0.717) is 13.0 Å². The van der Waals surface area contributed by atoms with Gasteiger partial charge in [-0.1, -0.05) is 6.92 Å². The maximum atomic E-state index is 12.9. The summed E-state index contributed by atoms with van der Waals surface area (Å²) in [7, 11) is 1.89. The number of fused-ring (bicyclic) bond motifs is 1. The number of nitrogens with one attached hydrogen (secondary N) is 1.